The van der Waals surface area contributed by atoms with E-state index in [2.05, 4.69) is 54.6 Å². The first-order chi connectivity index (χ1) is 9.92. The topological polar surface area (TPSA) is 0 Å². The highest BCUT2D eigenvalue weighted by atomic mass is 14.4. The van der Waals surface area contributed by atoms with Crippen LogP contribution in [0.5, 0.6) is 0 Å². The molecule has 0 amide bonds. The zero-order chi connectivity index (χ0) is 13.1. The van der Waals surface area contributed by atoms with E-state index in [0.29, 0.717) is 5.92 Å². The van der Waals surface area contributed by atoms with Gasteiger partial charge in [0, 0.05) is 5.92 Å². The molecule has 0 heterocycles. The summed E-state index contributed by atoms with van der Waals surface area (Å²) in [6, 6.07) is 15.9. The smallest absolute Gasteiger partial charge is 0.0316 e. The fourth-order valence-electron chi connectivity index (χ4n) is 4.29. The van der Waals surface area contributed by atoms with Crippen LogP contribution < -0.4 is 0 Å². The second-order valence-electron chi connectivity index (χ2n) is 6.13. The Morgan fingerprint density at radius 2 is 1.60 bits per heavy atom. The van der Waals surface area contributed by atoms with Crippen molar-refractivity contribution < 1.29 is 0 Å². The van der Waals surface area contributed by atoms with Crippen LogP contribution in [0.15, 0.2) is 65.8 Å². The van der Waals surface area contributed by atoms with Crippen molar-refractivity contribution in [1.29, 1.82) is 0 Å². The van der Waals surface area contributed by atoms with Gasteiger partial charge < -0.3 is 0 Å². The van der Waals surface area contributed by atoms with E-state index in [9.17, 15) is 0 Å². The van der Waals surface area contributed by atoms with E-state index < -0.39 is 0 Å². The molecule has 0 bridgehead atoms. The number of hydrogen-bond acceptors (Lipinski definition) is 0. The Hall–Kier alpha value is -2.08. The molecule has 1 unspecified atom stereocenters. The Labute approximate surface area is 119 Å². The van der Waals surface area contributed by atoms with Gasteiger partial charge in [0.1, 0.15) is 0 Å². The van der Waals surface area contributed by atoms with Gasteiger partial charge in [-0.05, 0) is 52.7 Å². The standard InChI is InChI=1S/C20H16/c1-2-9-17-13(5-1)11-15-7-3-8-16-12-14-6-4-10-18(14)20(17)19(15)16/h1-9,20H,10-12H2. The summed E-state index contributed by atoms with van der Waals surface area (Å²) in [5.41, 5.74) is 11.0. The molecule has 0 aromatic heterocycles. The van der Waals surface area contributed by atoms with Gasteiger partial charge in [-0.1, -0.05) is 60.2 Å². The first kappa shape index (κ1) is 10.7. The van der Waals surface area contributed by atoms with E-state index in [-0.39, 0.29) is 0 Å². The van der Waals surface area contributed by atoms with E-state index in [1.165, 1.54) is 5.56 Å². The zero-order valence-corrected chi connectivity index (χ0v) is 11.4. The Balaban J connectivity index is 1.84. The molecule has 0 heteroatoms. The maximum absolute atomic E-state index is 2.35. The quantitative estimate of drug-likeness (QED) is 0.649. The molecule has 0 nitrogen and oxygen atoms in total. The molecule has 2 aromatic carbocycles. The van der Waals surface area contributed by atoms with Crippen molar-refractivity contribution in [3.05, 3.63) is 93.6 Å². The molecule has 20 heavy (non-hydrogen) atoms. The molecule has 96 valence electrons. The summed E-state index contributed by atoms with van der Waals surface area (Å²) >= 11 is 0. The van der Waals surface area contributed by atoms with E-state index >= 15 is 0 Å². The van der Waals surface area contributed by atoms with Crippen LogP contribution in [-0.4, -0.2) is 0 Å². The number of rotatable bonds is 0. The molecule has 0 aliphatic heterocycles. The van der Waals surface area contributed by atoms with Gasteiger partial charge >= 0.3 is 0 Å². The average molecular weight is 256 g/mol. The minimum atomic E-state index is 0.518. The van der Waals surface area contributed by atoms with Gasteiger partial charge in [-0.25, -0.2) is 0 Å². The fourth-order valence-corrected chi connectivity index (χ4v) is 4.29. The Kier molecular flexibility index (Phi) is 1.99. The third-order valence-corrected chi connectivity index (χ3v) is 5.12. The fraction of sp³-hybridized carbons (Fsp3) is 0.200. The van der Waals surface area contributed by atoms with Crippen LogP contribution >= 0.6 is 0 Å². The molecular formula is C20H16. The summed E-state index contributed by atoms with van der Waals surface area (Å²) in [5, 5.41) is 0. The molecule has 0 saturated carbocycles. The van der Waals surface area contributed by atoms with Gasteiger partial charge in [-0.3, -0.25) is 0 Å². The van der Waals surface area contributed by atoms with Gasteiger partial charge in [-0.2, -0.15) is 0 Å². The summed E-state index contributed by atoms with van der Waals surface area (Å²) < 4.78 is 0. The lowest BCUT2D eigenvalue weighted by atomic mass is 9.68. The van der Waals surface area contributed by atoms with E-state index in [1.807, 2.05) is 0 Å². The SMILES string of the molecule is C1=CC2=C(C1)C1c3ccccc3Cc3cccc(c31)C2. The van der Waals surface area contributed by atoms with Crippen LogP contribution in [0.25, 0.3) is 0 Å². The predicted molar refractivity (Wildman–Crippen MR) is 82.0 cm³/mol. The number of hydrogen-bond donors (Lipinski definition) is 0. The largest absolute Gasteiger partial charge is 0.0801 e. The lowest BCUT2D eigenvalue weighted by Gasteiger charge is -2.35. The molecule has 0 radical (unpaired) electrons. The van der Waals surface area contributed by atoms with Crippen LogP contribution in [0.2, 0.25) is 0 Å². The van der Waals surface area contributed by atoms with Crippen LogP contribution in [0.3, 0.4) is 0 Å². The minimum Gasteiger partial charge on any atom is -0.0801 e. The van der Waals surface area contributed by atoms with Gasteiger partial charge in [0.15, 0.2) is 0 Å². The normalized spacial score (nSPS) is 21.5. The van der Waals surface area contributed by atoms with Gasteiger partial charge in [0.25, 0.3) is 0 Å². The summed E-state index contributed by atoms with van der Waals surface area (Å²) in [7, 11) is 0. The summed E-state index contributed by atoms with van der Waals surface area (Å²) in [5.74, 6) is 0.518. The second kappa shape index (κ2) is 3.73. The summed E-state index contributed by atoms with van der Waals surface area (Å²) in [6.45, 7) is 0. The highest BCUT2D eigenvalue weighted by molar-refractivity contribution is 5.62. The van der Waals surface area contributed by atoms with Crippen molar-refractivity contribution in [2.24, 2.45) is 0 Å². The van der Waals surface area contributed by atoms with E-state index in [4.69, 9.17) is 0 Å². The molecule has 3 aliphatic rings. The Morgan fingerprint density at radius 3 is 2.55 bits per heavy atom. The summed E-state index contributed by atoms with van der Waals surface area (Å²) in [4.78, 5) is 0. The lowest BCUT2D eigenvalue weighted by molar-refractivity contribution is 0.799. The average Bonchev–Trinajstić information content (AvgIpc) is 2.95. The van der Waals surface area contributed by atoms with Crippen molar-refractivity contribution >= 4 is 0 Å². The molecule has 0 saturated heterocycles. The number of allylic oxidation sites excluding steroid dienone is 4. The molecular weight excluding hydrogens is 240 g/mol. The lowest BCUT2D eigenvalue weighted by Crippen LogP contribution is -2.21. The van der Waals surface area contributed by atoms with E-state index in [1.54, 1.807) is 33.4 Å². The van der Waals surface area contributed by atoms with Gasteiger partial charge in [-0.15, -0.1) is 0 Å². The third kappa shape index (κ3) is 1.27. The van der Waals surface area contributed by atoms with E-state index in [0.717, 1.165) is 19.3 Å². The number of benzene rings is 2. The molecule has 5 rings (SSSR count). The minimum absolute atomic E-state index is 0.518. The molecule has 3 aliphatic carbocycles. The molecule has 0 spiro atoms. The monoisotopic (exact) mass is 256 g/mol. The van der Waals surface area contributed by atoms with Crippen LogP contribution in [0, 0.1) is 0 Å². The van der Waals surface area contributed by atoms with Gasteiger partial charge in [0.05, 0.1) is 0 Å². The zero-order valence-electron chi connectivity index (χ0n) is 11.4. The third-order valence-electron chi connectivity index (χ3n) is 5.12. The molecule has 0 fully saturated rings. The van der Waals surface area contributed by atoms with Crippen molar-refractivity contribution in [2.75, 3.05) is 0 Å². The first-order valence-corrected chi connectivity index (χ1v) is 7.49. The first-order valence-electron chi connectivity index (χ1n) is 7.49. The van der Waals surface area contributed by atoms with Crippen molar-refractivity contribution in [2.45, 2.75) is 25.2 Å². The highest BCUT2D eigenvalue weighted by Crippen LogP contribution is 2.49. The molecule has 1 atom stereocenters. The predicted octanol–water partition coefficient (Wildman–Crippen LogP) is 4.54. The van der Waals surface area contributed by atoms with Crippen molar-refractivity contribution in [3.63, 3.8) is 0 Å². The second-order valence-corrected chi connectivity index (χ2v) is 6.13. The molecule has 0 N–H and O–H groups in total. The maximum atomic E-state index is 2.35. The van der Waals surface area contributed by atoms with Crippen molar-refractivity contribution in [1.82, 2.24) is 0 Å². The van der Waals surface area contributed by atoms with Crippen molar-refractivity contribution in [3.8, 4) is 0 Å². The van der Waals surface area contributed by atoms with Crippen LogP contribution in [0.1, 0.15) is 40.2 Å². The maximum Gasteiger partial charge on any atom is 0.0316 e. The Morgan fingerprint density at radius 1 is 0.800 bits per heavy atom. The number of fused-ring (bicyclic) bond motifs is 3. The van der Waals surface area contributed by atoms with Crippen LogP contribution in [0.4, 0.5) is 0 Å². The summed E-state index contributed by atoms with van der Waals surface area (Å²) in [6.07, 6.45) is 8.07. The Bertz CT molecular complexity index is 789. The highest BCUT2D eigenvalue weighted by Gasteiger charge is 2.34. The van der Waals surface area contributed by atoms with Crippen LogP contribution in [-0.2, 0) is 12.8 Å². The molecule has 2 aromatic rings. The van der Waals surface area contributed by atoms with Gasteiger partial charge in [0.2, 0.25) is 0 Å².